The summed E-state index contributed by atoms with van der Waals surface area (Å²) in [5, 5.41) is 9.28. The Labute approximate surface area is 194 Å². The maximum Gasteiger partial charge on any atom is 0.573 e. The summed E-state index contributed by atoms with van der Waals surface area (Å²) in [6.45, 7) is 3.24. The van der Waals surface area contributed by atoms with Crippen LogP contribution < -0.4 is 19.9 Å². The summed E-state index contributed by atoms with van der Waals surface area (Å²) in [5.74, 6) is 0.271. The predicted octanol–water partition coefficient (Wildman–Crippen LogP) is 4.39. The third-order valence-electron chi connectivity index (χ3n) is 6.06. The molecular formula is C24H23F3N4O3. The molecule has 0 aliphatic carbocycles. The van der Waals surface area contributed by atoms with Crippen molar-refractivity contribution in [1.29, 1.82) is 5.26 Å². The van der Waals surface area contributed by atoms with Gasteiger partial charge in [-0.25, -0.2) is 4.98 Å². The number of fused-ring (bicyclic) bond motifs is 1. The molecular weight excluding hydrogens is 449 g/mol. The second-order valence-corrected chi connectivity index (χ2v) is 8.18. The summed E-state index contributed by atoms with van der Waals surface area (Å²) in [5.41, 5.74) is 2.03. The van der Waals surface area contributed by atoms with Gasteiger partial charge in [-0.05, 0) is 42.8 Å². The maximum atomic E-state index is 12.6. The minimum absolute atomic E-state index is 0.109. The smallest absolute Gasteiger partial charge is 0.490 e. The summed E-state index contributed by atoms with van der Waals surface area (Å²) in [4.78, 5) is 19.1. The number of aryl methyl sites for hydroxylation is 1. The van der Waals surface area contributed by atoms with E-state index in [1.54, 1.807) is 25.2 Å². The van der Waals surface area contributed by atoms with Crippen LogP contribution in [0.5, 0.6) is 11.5 Å². The standard InChI is InChI=1S/C24H23F3N4O3/c1-3-15-14-31(20-12-22(32)30(2)19-9-4-16(13-28)29-23(19)20)11-10-21(15)33-17-5-7-18(8-6-17)34-24(25,26)27/h4-9,12,15,21H,3,10-11,14H2,1-2H3/t15-,21-/m1/s1. The topological polar surface area (TPSA) is 80.4 Å². The van der Waals surface area contributed by atoms with Gasteiger partial charge in [-0.2, -0.15) is 5.26 Å². The fourth-order valence-electron chi connectivity index (χ4n) is 4.29. The lowest BCUT2D eigenvalue weighted by molar-refractivity contribution is -0.274. The fraction of sp³-hybridized carbons (Fsp3) is 0.375. The Morgan fingerprint density at radius 3 is 2.53 bits per heavy atom. The SMILES string of the molecule is CC[C@@H]1CN(c2cc(=O)n(C)c3ccc(C#N)nc23)CC[C@H]1Oc1ccc(OC(F)(F)F)cc1. The molecule has 0 amide bonds. The zero-order valence-electron chi connectivity index (χ0n) is 18.7. The number of rotatable bonds is 5. The monoisotopic (exact) mass is 472 g/mol. The number of ether oxygens (including phenoxy) is 2. The van der Waals surface area contributed by atoms with Crippen molar-refractivity contribution in [2.75, 3.05) is 18.0 Å². The van der Waals surface area contributed by atoms with Crippen LogP contribution in [-0.4, -0.2) is 35.1 Å². The number of benzene rings is 1. The van der Waals surface area contributed by atoms with Crippen molar-refractivity contribution in [3.63, 3.8) is 0 Å². The van der Waals surface area contributed by atoms with Crippen molar-refractivity contribution in [1.82, 2.24) is 9.55 Å². The Bertz CT molecular complexity index is 1280. The quantitative estimate of drug-likeness (QED) is 0.548. The van der Waals surface area contributed by atoms with Gasteiger partial charge in [0.1, 0.15) is 34.9 Å². The van der Waals surface area contributed by atoms with Crippen LogP contribution in [0.3, 0.4) is 0 Å². The molecule has 0 unspecified atom stereocenters. The van der Waals surface area contributed by atoms with E-state index in [0.717, 1.165) is 6.42 Å². The van der Waals surface area contributed by atoms with Gasteiger partial charge < -0.3 is 18.9 Å². The number of pyridine rings is 2. The number of piperidine rings is 1. The molecule has 34 heavy (non-hydrogen) atoms. The van der Waals surface area contributed by atoms with Gasteiger partial charge in [0.05, 0.1) is 11.2 Å². The number of hydrogen-bond donors (Lipinski definition) is 0. The summed E-state index contributed by atoms with van der Waals surface area (Å²) >= 11 is 0. The van der Waals surface area contributed by atoms with Crippen molar-refractivity contribution in [3.8, 4) is 17.6 Å². The molecule has 3 aromatic rings. The summed E-state index contributed by atoms with van der Waals surface area (Å²) in [6.07, 6.45) is -3.44. The van der Waals surface area contributed by atoms with Gasteiger partial charge in [0.2, 0.25) is 0 Å². The average Bonchev–Trinajstić information content (AvgIpc) is 2.81. The van der Waals surface area contributed by atoms with Crippen molar-refractivity contribution >= 4 is 16.7 Å². The predicted molar refractivity (Wildman–Crippen MR) is 120 cm³/mol. The van der Waals surface area contributed by atoms with Gasteiger partial charge >= 0.3 is 6.36 Å². The van der Waals surface area contributed by atoms with E-state index in [-0.39, 0.29) is 29.0 Å². The number of halogens is 3. The molecule has 1 aliphatic heterocycles. The van der Waals surface area contributed by atoms with Crippen LogP contribution in [0.4, 0.5) is 18.9 Å². The van der Waals surface area contributed by atoms with Gasteiger partial charge in [0, 0.05) is 38.5 Å². The maximum absolute atomic E-state index is 12.6. The highest BCUT2D eigenvalue weighted by Gasteiger charge is 2.32. The van der Waals surface area contributed by atoms with Crippen LogP contribution >= 0.6 is 0 Å². The Kier molecular flexibility index (Phi) is 6.37. The lowest BCUT2D eigenvalue weighted by atomic mass is 9.91. The molecule has 2 atom stereocenters. The van der Waals surface area contributed by atoms with Crippen molar-refractivity contribution in [3.05, 3.63) is 58.5 Å². The van der Waals surface area contributed by atoms with Crippen LogP contribution in [0.1, 0.15) is 25.5 Å². The van der Waals surface area contributed by atoms with Gasteiger partial charge in [0.25, 0.3) is 5.56 Å². The van der Waals surface area contributed by atoms with Gasteiger partial charge in [0.15, 0.2) is 0 Å². The highest BCUT2D eigenvalue weighted by atomic mass is 19.4. The van der Waals surface area contributed by atoms with E-state index in [1.165, 1.54) is 28.8 Å². The van der Waals surface area contributed by atoms with E-state index in [4.69, 9.17) is 4.74 Å². The number of aromatic nitrogens is 2. The van der Waals surface area contributed by atoms with Crippen LogP contribution in [0.15, 0.2) is 47.3 Å². The molecule has 3 heterocycles. The number of alkyl halides is 3. The van der Waals surface area contributed by atoms with Gasteiger partial charge in [-0.1, -0.05) is 6.92 Å². The highest BCUT2D eigenvalue weighted by molar-refractivity contribution is 5.88. The number of nitriles is 1. The summed E-state index contributed by atoms with van der Waals surface area (Å²) < 4.78 is 48.6. The minimum atomic E-state index is -4.74. The van der Waals surface area contributed by atoms with E-state index in [1.807, 2.05) is 13.0 Å². The molecule has 178 valence electrons. The van der Waals surface area contributed by atoms with Crippen LogP contribution in [0, 0.1) is 17.2 Å². The molecule has 4 rings (SSSR count). The third kappa shape index (κ3) is 4.93. The first kappa shape index (κ1) is 23.4. The Morgan fingerprint density at radius 1 is 1.18 bits per heavy atom. The molecule has 1 saturated heterocycles. The zero-order chi connectivity index (χ0) is 24.5. The Morgan fingerprint density at radius 2 is 1.88 bits per heavy atom. The van der Waals surface area contributed by atoms with Crippen molar-refractivity contribution in [2.45, 2.75) is 32.2 Å². The van der Waals surface area contributed by atoms with Crippen molar-refractivity contribution < 1.29 is 22.6 Å². The van der Waals surface area contributed by atoms with Crippen LogP contribution in [0.2, 0.25) is 0 Å². The highest BCUT2D eigenvalue weighted by Crippen LogP contribution is 2.32. The fourth-order valence-corrected chi connectivity index (χ4v) is 4.29. The molecule has 1 fully saturated rings. The summed E-state index contributed by atoms with van der Waals surface area (Å²) in [6, 6.07) is 12.3. The average molecular weight is 472 g/mol. The lowest BCUT2D eigenvalue weighted by Crippen LogP contribution is -2.46. The molecule has 10 heteroatoms. The van der Waals surface area contributed by atoms with E-state index in [9.17, 15) is 23.2 Å². The second-order valence-electron chi connectivity index (χ2n) is 8.18. The number of hydrogen-bond acceptors (Lipinski definition) is 6. The number of nitrogens with zero attached hydrogens (tertiary/aromatic N) is 4. The Hall–Kier alpha value is -3.74. The molecule has 0 saturated carbocycles. The van der Waals surface area contributed by atoms with E-state index in [0.29, 0.717) is 42.0 Å². The second kappa shape index (κ2) is 9.25. The molecule has 0 bridgehead atoms. The van der Waals surface area contributed by atoms with E-state index in [2.05, 4.69) is 14.6 Å². The lowest BCUT2D eigenvalue weighted by Gasteiger charge is -2.39. The van der Waals surface area contributed by atoms with Crippen LogP contribution in [-0.2, 0) is 7.05 Å². The first-order valence-electron chi connectivity index (χ1n) is 10.9. The van der Waals surface area contributed by atoms with E-state index < -0.39 is 6.36 Å². The Balaban J connectivity index is 1.54. The summed E-state index contributed by atoms with van der Waals surface area (Å²) in [7, 11) is 1.67. The third-order valence-corrected chi connectivity index (χ3v) is 6.06. The molecule has 0 N–H and O–H groups in total. The molecule has 1 aromatic carbocycles. The molecule has 0 radical (unpaired) electrons. The zero-order valence-corrected chi connectivity index (χ0v) is 18.7. The minimum Gasteiger partial charge on any atom is -0.490 e. The first-order valence-corrected chi connectivity index (χ1v) is 10.9. The molecule has 0 spiro atoms. The van der Waals surface area contributed by atoms with Gasteiger partial charge in [-0.15, -0.1) is 13.2 Å². The number of anilines is 1. The first-order chi connectivity index (χ1) is 16.2. The van der Waals surface area contributed by atoms with Gasteiger partial charge in [-0.3, -0.25) is 4.79 Å². The molecule has 2 aromatic heterocycles. The largest absolute Gasteiger partial charge is 0.573 e. The van der Waals surface area contributed by atoms with Crippen molar-refractivity contribution in [2.24, 2.45) is 13.0 Å². The molecule has 1 aliphatic rings. The van der Waals surface area contributed by atoms with Crippen LogP contribution in [0.25, 0.3) is 11.0 Å². The van der Waals surface area contributed by atoms with E-state index >= 15 is 0 Å². The normalized spacial score (nSPS) is 18.5. The molecule has 7 nitrogen and oxygen atoms in total.